The van der Waals surface area contributed by atoms with E-state index in [9.17, 15) is 9.59 Å². The van der Waals surface area contributed by atoms with Crippen molar-refractivity contribution in [1.82, 2.24) is 4.90 Å². The highest BCUT2D eigenvalue weighted by atomic mass is 35.5. The number of halogens is 1. The van der Waals surface area contributed by atoms with Gasteiger partial charge in [-0.2, -0.15) is 0 Å². The lowest BCUT2D eigenvalue weighted by molar-refractivity contribution is -0.141. The van der Waals surface area contributed by atoms with E-state index < -0.39 is 11.9 Å². The minimum Gasteiger partial charge on any atom is -0.481 e. The number of carbonyl (C=O) groups excluding carboxylic acids is 1. The van der Waals surface area contributed by atoms with Gasteiger partial charge in [-0.3, -0.25) is 9.59 Å². The molecule has 0 bridgehead atoms. The second kappa shape index (κ2) is 5.07. The summed E-state index contributed by atoms with van der Waals surface area (Å²) in [6.07, 6.45) is 0.473. The molecule has 1 unspecified atom stereocenters. The Labute approximate surface area is 126 Å². The van der Waals surface area contributed by atoms with Gasteiger partial charge in [0.25, 0.3) is 5.91 Å². The summed E-state index contributed by atoms with van der Waals surface area (Å²) in [4.78, 5) is 25.0. The zero-order valence-electron chi connectivity index (χ0n) is 11.4. The Morgan fingerprint density at radius 3 is 2.81 bits per heavy atom. The summed E-state index contributed by atoms with van der Waals surface area (Å²) in [6, 6.07) is 5.36. The van der Waals surface area contributed by atoms with Gasteiger partial charge in [0.05, 0.1) is 10.9 Å². The summed E-state index contributed by atoms with van der Waals surface area (Å²) in [7, 11) is 0. The lowest BCUT2D eigenvalue weighted by Crippen LogP contribution is -2.30. The highest BCUT2D eigenvalue weighted by molar-refractivity contribution is 6.35. The molecule has 5 nitrogen and oxygen atoms in total. The van der Waals surface area contributed by atoms with Crippen molar-refractivity contribution >= 4 is 34.4 Å². The average molecular weight is 308 g/mol. The predicted molar refractivity (Wildman–Crippen MR) is 77.6 cm³/mol. The van der Waals surface area contributed by atoms with Gasteiger partial charge in [-0.05, 0) is 19.4 Å². The number of benzene rings is 1. The van der Waals surface area contributed by atoms with E-state index >= 15 is 0 Å². The molecule has 2 aromatic rings. The Kier molecular flexibility index (Phi) is 3.37. The number of likely N-dealkylation sites (tertiary alicyclic amines) is 1. The van der Waals surface area contributed by atoms with Gasteiger partial charge in [0.2, 0.25) is 0 Å². The second-order valence-electron chi connectivity index (χ2n) is 5.25. The molecule has 1 fully saturated rings. The van der Waals surface area contributed by atoms with Gasteiger partial charge < -0.3 is 14.4 Å². The Bertz CT molecular complexity index is 737. The Morgan fingerprint density at radius 2 is 2.19 bits per heavy atom. The minimum absolute atomic E-state index is 0.221. The maximum absolute atomic E-state index is 12.5. The highest BCUT2D eigenvalue weighted by Crippen LogP contribution is 2.32. The summed E-state index contributed by atoms with van der Waals surface area (Å²) < 4.78 is 5.63. The Hall–Kier alpha value is -2.01. The molecule has 1 N–H and O–H groups in total. The van der Waals surface area contributed by atoms with Gasteiger partial charge in [-0.15, -0.1) is 0 Å². The highest BCUT2D eigenvalue weighted by Gasteiger charge is 2.33. The monoisotopic (exact) mass is 307 g/mol. The number of rotatable bonds is 2. The largest absolute Gasteiger partial charge is 0.481 e. The first kappa shape index (κ1) is 13.9. The molecule has 1 amide bonds. The van der Waals surface area contributed by atoms with Gasteiger partial charge in [0.15, 0.2) is 11.3 Å². The van der Waals surface area contributed by atoms with Crippen LogP contribution in [0.1, 0.15) is 22.5 Å². The van der Waals surface area contributed by atoms with Crippen LogP contribution in [0.15, 0.2) is 22.6 Å². The maximum atomic E-state index is 12.5. The van der Waals surface area contributed by atoms with Crippen molar-refractivity contribution in [2.45, 2.75) is 13.3 Å². The van der Waals surface area contributed by atoms with Crippen molar-refractivity contribution in [1.29, 1.82) is 0 Å². The zero-order chi connectivity index (χ0) is 15.1. The normalized spacial score (nSPS) is 18.4. The first-order valence-electron chi connectivity index (χ1n) is 6.68. The van der Waals surface area contributed by atoms with Gasteiger partial charge in [-0.25, -0.2) is 0 Å². The van der Waals surface area contributed by atoms with Crippen molar-refractivity contribution < 1.29 is 19.1 Å². The van der Waals surface area contributed by atoms with Crippen LogP contribution < -0.4 is 0 Å². The van der Waals surface area contributed by atoms with Crippen molar-refractivity contribution in [2.24, 2.45) is 5.92 Å². The molecule has 110 valence electrons. The van der Waals surface area contributed by atoms with E-state index in [2.05, 4.69) is 0 Å². The fourth-order valence-corrected chi connectivity index (χ4v) is 2.92. The second-order valence-corrected chi connectivity index (χ2v) is 5.65. The SMILES string of the molecule is Cc1c(C(=O)N2CCC(C(=O)O)C2)oc2c(Cl)cccc12. The molecule has 1 aromatic carbocycles. The van der Waals surface area contributed by atoms with Crippen molar-refractivity contribution in [2.75, 3.05) is 13.1 Å². The van der Waals surface area contributed by atoms with E-state index in [1.165, 1.54) is 4.90 Å². The van der Waals surface area contributed by atoms with Crippen LogP contribution in [-0.4, -0.2) is 35.0 Å². The number of aliphatic carboxylic acids is 1. The van der Waals surface area contributed by atoms with Crippen LogP contribution in [0.4, 0.5) is 0 Å². The van der Waals surface area contributed by atoms with Crippen LogP contribution in [0.3, 0.4) is 0 Å². The molecule has 1 aromatic heterocycles. The van der Waals surface area contributed by atoms with Crippen LogP contribution in [0.25, 0.3) is 11.0 Å². The summed E-state index contributed by atoms with van der Waals surface area (Å²) in [5.74, 6) is -1.40. The Morgan fingerprint density at radius 1 is 1.43 bits per heavy atom. The van der Waals surface area contributed by atoms with Crippen molar-refractivity contribution in [3.05, 3.63) is 34.5 Å². The quantitative estimate of drug-likeness (QED) is 0.926. The summed E-state index contributed by atoms with van der Waals surface area (Å²) >= 11 is 6.08. The minimum atomic E-state index is -0.866. The Balaban J connectivity index is 1.94. The number of carboxylic acid groups (broad SMARTS) is 1. The summed E-state index contributed by atoms with van der Waals surface area (Å²) in [6.45, 7) is 2.46. The van der Waals surface area contributed by atoms with Crippen molar-refractivity contribution in [3.8, 4) is 0 Å². The summed E-state index contributed by atoms with van der Waals surface area (Å²) in [5, 5.41) is 10.3. The van der Waals surface area contributed by atoms with Gasteiger partial charge in [0.1, 0.15) is 0 Å². The summed E-state index contributed by atoms with van der Waals surface area (Å²) in [5.41, 5.74) is 1.23. The maximum Gasteiger partial charge on any atom is 0.308 e. The molecule has 0 saturated carbocycles. The molecule has 0 spiro atoms. The molecule has 0 aliphatic carbocycles. The van der Waals surface area contributed by atoms with Crippen LogP contribution >= 0.6 is 11.6 Å². The number of amides is 1. The number of carboxylic acids is 1. The number of hydrogen-bond acceptors (Lipinski definition) is 3. The topological polar surface area (TPSA) is 70.8 Å². The number of carbonyl (C=O) groups is 2. The number of para-hydroxylation sites is 1. The molecule has 0 radical (unpaired) electrons. The number of nitrogens with zero attached hydrogens (tertiary/aromatic N) is 1. The van der Waals surface area contributed by atoms with Crippen LogP contribution in [-0.2, 0) is 4.79 Å². The fraction of sp³-hybridized carbons (Fsp3) is 0.333. The molecular weight excluding hydrogens is 294 g/mol. The van der Waals surface area contributed by atoms with Crippen LogP contribution in [0, 0.1) is 12.8 Å². The van der Waals surface area contributed by atoms with Crippen LogP contribution in [0.2, 0.25) is 5.02 Å². The predicted octanol–water partition coefficient (Wildman–Crippen LogP) is 2.94. The molecule has 1 aliphatic heterocycles. The third-order valence-electron chi connectivity index (χ3n) is 3.93. The fourth-order valence-electron chi connectivity index (χ4n) is 2.70. The standard InChI is InChI=1S/C15H14ClNO4/c1-8-10-3-2-4-11(16)13(10)21-12(8)14(18)17-6-5-9(7-17)15(19)20/h2-4,9H,5-7H2,1H3,(H,19,20). The smallest absolute Gasteiger partial charge is 0.308 e. The first-order valence-corrected chi connectivity index (χ1v) is 7.06. The van der Waals surface area contributed by atoms with E-state index in [0.29, 0.717) is 23.6 Å². The third kappa shape index (κ3) is 2.27. The average Bonchev–Trinajstić information content (AvgIpc) is 3.05. The van der Waals surface area contributed by atoms with E-state index in [-0.39, 0.29) is 18.2 Å². The molecule has 1 atom stereocenters. The first-order chi connectivity index (χ1) is 9.99. The molecule has 1 saturated heterocycles. The van der Waals surface area contributed by atoms with E-state index in [0.717, 1.165) is 10.9 Å². The molecule has 2 heterocycles. The third-order valence-corrected chi connectivity index (χ3v) is 4.23. The van der Waals surface area contributed by atoms with Gasteiger partial charge in [-0.1, -0.05) is 23.7 Å². The molecule has 6 heteroatoms. The van der Waals surface area contributed by atoms with Crippen LogP contribution in [0.5, 0.6) is 0 Å². The van der Waals surface area contributed by atoms with E-state index in [1.54, 1.807) is 19.1 Å². The lowest BCUT2D eigenvalue weighted by atomic mass is 10.1. The van der Waals surface area contributed by atoms with E-state index in [1.807, 2.05) is 6.07 Å². The van der Waals surface area contributed by atoms with E-state index in [4.69, 9.17) is 21.1 Å². The number of hydrogen-bond donors (Lipinski definition) is 1. The van der Waals surface area contributed by atoms with Gasteiger partial charge in [0, 0.05) is 24.0 Å². The molecule has 3 rings (SSSR count). The molecular formula is C15H14ClNO4. The number of furan rings is 1. The molecule has 1 aliphatic rings. The number of aryl methyl sites for hydroxylation is 1. The van der Waals surface area contributed by atoms with Gasteiger partial charge >= 0.3 is 5.97 Å². The zero-order valence-corrected chi connectivity index (χ0v) is 12.2. The molecule has 21 heavy (non-hydrogen) atoms. The lowest BCUT2D eigenvalue weighted by Gasteiger charge is -2.14. The number of fused-ring (bicyclic) bond motifs is 1. The van der Waals surface area contributed by atoms with Crippen molar-refractivity contribution in [3.63, 3.8) is 0 Å².